The Morgan fingerprint density at radius 3 is 2.81 bits per heavy atom. The number of hydrogen-bond donors (Lipinski definition) is 1. The monoisotopic (exact) mass is 290 g/mol. The van der Waals surface area contributed by atoms with Gasteiger partial charge in [0.25, 0.3) is 0 Å². The molecule has 2 heterocycles. The number of likely N-dealkylation sites (tertiary alicyclic amines) is 1. The van der Waals surface area contributed by atoms with Gasteiger partial charge in [0, 0.05) is 25.0 Å². The van der Waals surface area contributed by atoms with Crippen LogP contribution in [0.4, 0.5) is 0 Å². The van der Waals surface area contributed by atoms with Gasteiger partial charge in [-0.3, -0.25) is 4.79 Å². The van der Waals surface area contributed by atoms with Crippen LogP contribution in [0.5, 0.6) is 0 Å². The molecule has 1 aliphatic heterocycles. The van der Waals surface area contributed by atoms with E-state index in [1.54, 1.807) is 0 Å². The maximum atomic E-state index is 12.2. The summed E-state index contributed by atoms with van der Waals surface area (Å²) in [4.78, 5) is 14.3. The average Bonchev–Trinajstić information content (AvgIpc) is 3.27. The van der Waals surface area contributed by atoms with Gasteiger partial charge >= 0.3 is 0 Å². The predicted octanol–water partition coefficient (Wildman–Crippen LogP) is 2.71. The van der Waals surface area contributed by atoms with Crippen LogP contribution in [0.2, 0.25) is 0 Å². The highest BCUT2D eigenvalue weighted by Crippen LogP contribution is 2.33. The van der Waals surface area contributed by atoms with Crippen LogP contribution in [0, 0.1) is 18.8 Å². The highest BCUT2D eigenvalue weighted by atomic mass is 16.3. The smallest absolute Gasteiger partial charge is 0.225 e. The molecule has 1 N–H and O–H groups in total. The molecule has 0 unspecified atom stereocenters. The van der Waals surface area contributed by atoms with E-state index < -0.39 is 0 Å². The van der Waals surface area contributed by atoms with E-state index in [-0.39, 0.29) is 0 Å². The Morgan fingerprint density at radius 1 is 1.38 bits per heavy atom. The van der Waals surface area contributed by atoms with E-state index in [4.69, 9.17) is 4.42 Å². The van der Waals surface area contributed by atoms with Crippen LogP contribution >= 0.6 is 0 Å². The van der Waals surface area contributed by atoms with Crippen molar-refractivity contribution < 1.29 is 9.21 Å². The zero-order valence-corrected chi connectivity index (χ0v) is 13.1. The van der Waals surface area contributed by atoms with Crippen LogP contribution in [-0.4, -0.2) is 29.9 Å². The van der Waals surface area contributed by atoms with E-state index in [0.717, 1.165) is 56.8 Å². The first-order valence-electron chi connectivity index (χ1n) is 8.25. The number of furan rings is 1. The van der Waals surface area contributed by atoms with Crippen molar-refractivity contribution in [1.29, 1.82) is 0 Å². The molecule has 0 aromatic carbocycles. The highest BCUT2D eigenvalue weighted by Gasteiger charge is 2.37. The molecular weight excluding hydrogens is 264 g/mol. The molecule has 2 atom stereocenters. The average molecular weight is 290 g/mol. The number of piperidine rings is 1. The van der Waals surface area contributed by atoms with E-state index in [9.17, 15) is 4.79 Å². The number of rotatable bonds is 5. The zero-order chi connectivity index (χ0) is 14.8. The van der Waals surface area contributed by atoms with Crippen molar-refractivity contribution in [3.8, 4) is 0 Å². The third-order valence-electron chi connectivity index (χ3n) is 4.83. The number of aryl methyl sites for hydroxylation is 1. The molecule has 1 amide bonds. The van der Waals surface area contributed by atoms with Crippen molar-refractivity contribution in [1.82, 2.24) is 10.2 Å². The molecule has 21 heavy (non-hydrogen) atoms. The second kappa shape index (κ2) is 6.22. The fraction of sp³-hybridized carbons (Fsp3) is 0.706. The number of nitrogens with zero attached hydrogens (tertiary/aromatic N) is 1. The summed E-state index contributed by atoms with van der Waals surface area (Å²) in [6.45, 7) is 6.80. The minimum absolute atomic E-state index is 0.345. The van der Waals surface area contributed by atoms with Gasteiger partial charge in [0.1, 0.15) is 11.5 Å². The van der Waals surface area contributed by atoms with Crippen molar-refractivity contribution in [3.05, 3.63) is 23.7 Å². The van der Waals surface area contributed by atoms with Gasteiger partial charge in [-0.1, -0.05) is 13.3 Å². The van der Waals surface area contributed by atoms with E-state index >= 15 is 0 Å². The van der Waals surface area contributed by atoms with Crippen LogP contribution in [0.15, 0.2) is 16.5 Å². The molecule has 4 heteroatoms. The Bertz CT molecular complexity index is 493. The predicted molar refractivity (Wildman–Crippen MR) is 81.8 cm³/mol. The van der Waals surface area contributed by atoms with Gasteiger partial charge in [0.15, 0.2) is 0 Å². The molecule has 1 saturated heterocycles. The molecule has 3 rings (SSSR count). The van der Waals surface area contributed by atoms with Crippen LogP contribution in [-0.2, 0) is 11.3 Å². The zero-order valence-electron chi connectivity index (χ0n) is 13.1. The molecule has 116 valence electrons. The molecule has 2 aliphatic rings. The number of amides is 1. The summed E-state index contributed by atoms with van der Waals surface area (Å²) in [6, 6.07) is 4.53. The minimum atomic E-state index is 0.345. The third kappa shape index (κ3) is 3.49. The molecule has 4 nitrogen and oxygen atoms in total. The lowest BCUT2D eigenvalue weighted by Gasteiger charge is -2.39. The van der Waals surface area contributed by atoms with Crippen LogP contribution < -0.4 is 5.32 Å². The summed E-state index contributed by atoms with van der Waals surface area (Å²) >= 11 is 0. The first-order chi connectivity index (χ1) is 10.2. The normalized spacial score (nSPS) is 26.1. The number of carbonyl (C=O) groups is 1. The summed E-state index contributed by atoms with van der Waals surface area (Å²) in [6.07, 6.45) is 4.37. The quantitative estimate of drug-likeness (QED) is 0.907. The standard InChI is InChI=1S/C17H26N2O2/c1-3-13-11-19(17(20)14-5-6-14)9-8-16(13)18-10-15-7-4-12(2)21-15/h4,7,13-14,16,18H,3,5-6,8-11H2,1-2H3/t13-,16-/m1/s1. The lowest BCUT2D eigenvalue weighted by atomic mass is 9.89. The van der Waals surface area contributed by atoms with E-state index in [1.165, 1.54) is 0 Å². The number of carbonyl (C=O) groups excluding carboxylic acids is 1. The Kier molecular flexibility index (Phi) is 4.34. The second-order valence-corrected chi connectivity index (χ2v) is 6.52. The van der Waals surface area contributed by atoms with Crippen molar-refractivity contribution in [2.24, 2.45) is 11.8 Å². The van der Waals surface area contributed by atoms with Gasteiger partial charge in [-0.15, -0.1) is 0 Å². The van der Waals surface area contributed by atoms with Gasteiger partial charge in [0.2, 0.25) is 5.91 Å². The van der Waals surface area contributed by atoms with E-state index in [0.29, 0.717) is 23.8 Å². The molecule has 1 aromatic heterocycles. The topological polar surface area (TPSA) is 45.5 Å². The summed E-state index contributed by atoms with van der Waals surface area (Å²) in [7, 11) is 0. The number of hydrogen-bond acceptors (Lipinski definition) is 3. The Hall–Kier alpha value is -1.29. The molecular formula is C17H26N2O2. The first-order valence-corrected chi connectivity index (χ1v) is 8.25. The molecule has 1 aliphatic carbocycles. The third-order valence-corrected chi connectivity index (χ3v) is 4.83. The Labute approximate surface area is 126 Å². The largest absolute Gasteiger partial charge is 0.465 e. The lowest BCUT2D eigenvalue weighted by Crippen LogP contribution is -2.51. The van der Waals surface area contributed by atoms with Crippen LogP contribution in [0.25, 0.3) is 0 Å². The Morgan fingerprint density at radius 2 is 2.19 bits per heavy atom. The lowest BCUT2D eigenvalue weighted by molar-refractivity contribution is -0.134. The van der Waals surface area contributed by atoms with Crippen LogP contribution in [0.3, 0.4) is 0 Å². The highest BCUT2D eigenvalue weighted by molar-refractivity contribution is 5.81. The fourth-order valence-electron chi connectivity index (χ4n) is 3.32. The fourth-order valence-corrected chi connectivity index (χ4v) is 3.32. The summed E-state index contributed by atoms with van der Waals surface area (Å²) in [5.74, 6) is 3.26. The van der Waals surface area contributed by atoms with Crippen molar-refractivity contribution >= 4 is 5.91 Å². The summed E-state index contributed by atoms with van der Waals surface area (Å²) in [5, 5.41) is 3.62. The maximum absolute atomic E-state index is 12.2. The summed E-state index contributed by atoms with van der Waals surface area (Å²) in [5.41, 5.74) is 0. The molecule has 1 aromatic rings. The first kappa shape index (κ1) is 14.6. The van der Waals surface area contributed by atoms with Crippen molar-refractivity contribution in [2.75, 3.05) is 13.1 Å². The molecule has 0 radical (unpaired) electrons. The SMILES string of the molecule is CC[C@@H]1CN(C(=O)C2CC2)CC[C@H]1NCc1ccc(C)o1. The van der Waals surface area contributed by atoms with Crippen LogP contribution in [0.1, 0.15) is 44.1 Å². The second-order valence-electron chi connectivity index (χ2n) is 6.52. The van der Waals surface area contributed by atoms with E-state index in [2.05, 4.69) is 17.1 Å². The molecule has 1 saturated carbocycles. The maximum Gasteiger partial charge on any atom is 0.225 e. The van der Waals surface area contributed by atoms with Gasteiger partial charge in [-0.05, 0) is 44.2 Å². The number of nitrogens with one attached hydrogen (secondary N) is 1. The van der Waals surface area contributed by atoms with E-state index in [1.807, 2.05) is 19.1 Å². The van der Waals surface area contributed by atoms with Gasteiger partial charge in [-0.2, -0.15) is 0 Å². The summed E-state index contributed by atoms with van der Waals surface area (Å²) < 4.78 is 5.62. The van der Waals surface area contributed by atoms with Crippen molar-refractivity contribution in [3.63, 3.8) is 0 Å². The van der Waals surface area contributed by atoms with Gasteiger partial charge < -0.3 is 14.6 Å². The molecule has 0 bridgehead atoms. The molecule has 0 spiro atoms. The van der Waals surface area contributed by atoms with Gasteiger partial charge in [-0.25, -0.2) is 0 Å². The van der Waals surface area contributed by atoms with Crippen molar-refractivity contribution in [2.45, 2.75) is 52.1 Å². The minimum Gasteiger partial charge on any atom is -0.465 e. The Balaban J connectivity index is 1.52. The van der Waals surface area contributed by atoms with Gasteiger partial charge in [0.05, 0.1) is 6.54 Å². The molecule has 2 fully saturated rings.